The number of hydrogen-bond acceptors (Lipinski definition) is 8. The first-order chi connectivity index (χ1) is 42.4. The molecule has 24 heteroatoms. The highest BCUT2D eigenvalue weighted by Gasteiger charge is 1.96. The molecule has 0 aliphatic carbocycles. The lowest BCUT2D eigenvalue weighted by Crippen LogP contribution is -2.39. The van der Waals surface area contributed by atoms with Gasteiger partial charge in [-0.25, -0.2) is 36.5 Å². The summed E-state index contributed by atoms with van der Waals surface area (Å²) in [6, 6.07) is 49.1. The van der Waals surface area contributed by atoms with Crippen LogP contribution in [-0.4, -0.2) is 29.6 Å². The van der Waals surface area contributed by atoms with Gasteiger partial charge >= 0.3 is 0 Å². The average Bonchev–Trinajstić information content (AvgIpc) is 3.53. The minimum Gasteiger partial charge on any atom is -0.867 e. The largest absolute Gasteiger partial charge is 0.867 e. The van der Waals surface area contributed by atoms with E-state index in [1.165, 1.54) is 51.4 Å². The molecule has 480 valence electrons. The summed E-state index contributed by atoms with van der Waals surface area (Å²) < 4.78 is 57.0. The van der Waals surface area contributed by atoms with Crippen LogP contribution in [0.15, 0.2) is 245 Å². The SMILES string of the molecule is CCC[n+]1ccccc1.CCC[n+]1ccccc1.CCC[n+]1ccccc1.CCC[n+]1ccccc1.CCC[n+]1ccccc1.CCC[n+]1ccccc1.CCC[n+]1ccccc1.CCC[n+]1ccccc1.[O-]B([O-])F.[O-]B([O-])F.[O-]B([O-])F.[O-]B([O-])F. The van der Waals surface area contributed by atoms with Gasteiger partial charge in [0.15, 0.2) is 99.1 Å². The highest BCUT2D eigenvalue weighted by molar-refractivity contribution is 6.27. The maximum Gasteiger partial charge on any atom is 0.168 e. The number of pyridine rings is 8. The lowest BCUT2D eigenvalue weighted by atomic mass is 10.3. The van der Waals surface area contributed by atoms with E-state index < -0.39 is 29.6 Å². The topological polar surface area (TPSA) is 216 Å². The maximum atomic E-state index is 9.89. The first-order valence-corrected chi connectivity index (χ1v) is 29.7. The van der Waals surface area contributed by atoms with Gasteiger partial charge in [-0.2, -0.15) is 0 Å². The molecule has 0 atom stereocenters. The second-order valence-electron chi connectivity index (χ2n) is 18.0. The van der Waals surface area contributed by atoms with Gasteiger partial charge in [-0.3, -0.25) is 0 Å². The molecule has 8 rings (SSSR count). The summed E-state index contributed by atoms with van der Waals surface area (Å²) in [6.07, 6.45) is 43.0. The third kappa shape index (κ3) is 73.1. The van der Waals surface area contributed by atoms with Gasteiger partial charge in [0, 0.05) is 148 Å². The summed E-state index contributed by atoms with van der Waals surface area (Å²) >= 11 is 0. The molecule has 16 nitrogen and oxygen atoms in total. The van der Waals surface area contributed by atoms with Gasteiger partial charge in [0.05, 0.1) is 0 Å². The number of nitrogens with zero attached hydrogens (tertiary/aromatic N) is 8. The molecule has 0 spiro atoms. The molecule has 0 unspecified atom stereocenters. The molecular weight excluding hydrogens is 1130 g/mol. The molecule has 0 aromatic carbocycles. The Kier molecular flexibility index (Phi) is 68.4. The standard InChI is InChI=1S/8C8H12N.4BFO2/c8*1-2-6-9-7-4-3-5-8-9;4*2-1(3)4/h8*3-5,7-8H,2,6H2,1H3;;;;/q8*+1;4*-2. The Morgan fingerprint density at radius 3 is 0.307 bits per heavy atom. The molecule has 0 amide bonds. The molecule has 0 saturated heterocycles. The second-order valence-corrected chi connectivity index (χ2v) is 18.0. The summed E-state index contributed by atoms with van der Waals surface area (Å²) in [5.41, 5.74) is 0. The van der Waals surface area contributed by atoms with Crippen LogP contribution in [0.25, 0.3) is 0 Å². The predicted molar refractivity (Wildman–Crippen MR) is 323 cm³/mol. The Labute approximate surface area is 525 Å². The van der Waals surface area contributed by atoms with Gasteiger partial charge in [-0.05, 0) is 0 Å². The molecule has 8 aromatic heterocycles. The summed E-state index contributed by atoms with van der Waals surface area (Å²) in [5.74, 6) is 0. The van der Waals surface area contributed by atoms with Gasteiger partial charge in [0.1, 0.15) is 81.9 Å². The van der Waals surface area contributed by atoms with E-state index >= 15 is 0 Å². The monoisotopic (exact) mass is 1220 g/mol. The Morgan fingerprint density at radius 1 is 0.182 bits per heavy atom. The molecule has 0 fully saturated rings. The van der Waals surface area contributed by atoms with Gasteiger partial charge in [0.2, 0.25) is 0 Å². The highest BCUT2D eigenvalue weighted by atomic mass is 19.1. The van der Waals surface area contributed by atoms with Crippen molar-refractivity contribution in [1.82, 2.24) is 0 Å². The zero-order chi connectivity index (χ0) is 66.5. The van der Waals surface area contributed by atoms with Crippen molar-refractivity contribution in [3.63, 3.8) is 0 Å². The molecule has 0 radical (unpaired) electrons. The summed E-state index contributed by atoms with van der Waals surface area (Å²) in [4.78, 5) is 0. The van der Waals surface area contributed by atoms with Crippen molar-refractivity contribution in [1.29, 1.82) is 0 Å². The van der Waals surface area contributed by atoms with E-state index in [9.17, 15) is 17.3 Å². The van der Waals surface area contributed by atoms with Crippen LogP contribution in [0.2, 0.25) is 0 Å². The zero-order valence-electron chi connectivity index (χ0n) is 53.1. The molecule has 8 aromatic rings. The highest BCUT2D eigenvalue weighted by Crippen LogP contribution is 1.85. The van der Waals surface area contributed by atoms with Crippen LogP contribution in [0, 0.1) is 0 Å². The third-order valence-corrected chi connectivity index (χ3v) is 10.1. The zero-order valence-corrected chi connectivity index (χ0v) is 53.1. The maximum absolute atomic E-state index is 9.89. The predicted octanol–water partition coefficient (Wildman–Crippen LogP) is 1.72. The Bertz CT molecular complexity index is 2010. The van der Waals surface area contributed by atoms with Crippen LogP contribution in [-0.2, 0) is 52.4 Å². The Balaban J connectivity index is -0.000000443. The molecule has 8 heterocycles. The molecule has 88 heavy (non-hydrogen) atoms. The van der Waals surface area contributed by atoms with Gasteiger partial charge < -0.3 is 57.5 Å². The normalized spacial score (nSPS) is 8.95. The number of aryl methyl sites for hydroxylation is 8. The fraction of sp³-hybridized carbons (Fsp3) is 0.375. The van der Waals surface area contributed by atoms with E-state index in [-0.39, 0.29) is 0 Å². The Morgan fingerprint density at radius 2 is 0.250 bits per heavy atom. The van der Waals surface area contributed by atoms with Crippen molar-refractivity contribution in [3.05, 3.63) is 245 Å². The number of aromatic nitrogens is 8. The summed E-state index contributed by atoms with van der Waals surface area (Å²) in [5, 5.41) is 66.4. The van der Waals surface area contributed by atoms with E-state index in [1.807, 2.05) is 48.5 Å². The number of halogens is 4. The van der Waals surface area contributed by atoms with Crippen molar-refractivity contribution in [2.24, 2.45) is 0 Å². The summed E-state index contributed by atoms with van der Waals surface area (Å²) in [7, 11) is -12.7. The Hall–Kier alpha value is -7.14. The molecule has 0 aliphatic rings. The first-order valence-electron chi connectivity index (χ1n) is 29.7. The average molecular weight is 1220 g/mol. The molecule has 0 saturated carbocycles. The van der Waals surface area contributed by atoms with E-state index in [1.54, 1.807) is 0 Å². The minimum atomic E-state index is -3.17. The van der Waals surface area contributed by atoms with Crippen molar-refractivity contribution in [3.8, 4) is 0 Å². The van der Waals surface area contributed by atoms with Crippen molar-refractivity contribution in [2.45, 2.75) is 159 Å². The fourth-order valence-electron chi connectivity index (χ4n) is 6.73. The fourth-order valence-corrected chi connectivity index (χ4v) is 6.73. The van der Waals surface area contributed by atoms with Crippen LogP contribution in [0.5, 0.6) is 0 Å². The van der Waals surface area contributed by atoms with Crippen LogP contribution in [0.4, 0.5) is 17.3 Å². The quantitative estimate of drug-likeness (QED) is 0.0787. The molecular formula is C64H96B4F4N8O8. The molecule has 0 N–H and O–H groups in total. The second kappa shape index (κ2) is 69.0. The van der Waals surface area contributed by atoms with Crippen LogP contribution in [0.3, 0.4) is 0 Å². The van der Waals surface area contributed by atoms with Crippen molar-refractivity contribution < 1.29 is 94.0 Å². The molecule has 0 bridgehead atoms. The minimum absolute atomic E-state index is 1.13. The van der Waals surface area contributed by atoms with Crippen molar-refractivity contribution in [2.75, 3.05) is 0 Å². The third-order valence-electron chi connectivity index (χ3n) is 10.1. The van der Waals surface area contributed by atoms with Gasteiger partial charge in [-0.15, -0.1) is 0 Å². The van der Waals surface area contributed by atoms with E-state index in [4.69, 9.17) is 40.2 Å². The lowest BCUT2D eigenvalue weighted by molar-refractivity contribution is -0.697. The molecule has 0 aliphatic heterocycles. The van der Waals surface area contributed by atoms with Crippen LogP contribution >= 0.6 is 0 Å². The number of hydrogen-bond donors (Lipinski definition) is 0. The number of rotatable bonds is 16. The lowest BCUT2D eigenvalue weighted by Gasteiger charge is -2.09. The van der Waals surface area contributed by atoms with Crippen molar-refractivity contribution >= 4 is 29.6 Å². The summed E-state index contributed by atoms with van der Waals surface area (Å²) in [6.45, 7) is 26.5. The van der Waals surface area contributed by atoms with Crippen LogP contribution in [0.1, 0.15) is 107 Å². The van der Waals surface area contributed by atoms with Gasteiger partial charge in [-0.1, -0.05) is 104 Å². The van der Waals surface area contributed by atoms with Gasteiger partial charge in [0.25, 0.3) is 0 Å². The van der Waals surface area contributed by atoms with E-state index in [0.717, 1.165) is 52.4 Å². The van der Waals surface area contributed by atoms with E-state index in [0.29, 0.717) is 0 Å². The first kappa shape index (κ1) is 87.3. The van der Waals surface area contributed by atoms with E-state index in [2.05, 4.69) is 288 Å². The smallest absolute Gasteiger partial charge is 0.168 e. The van der Waals surface area contributed by atoms with Crippen LogP contribution < -0.4 is 76.7 Å².